The van der Waals surface area contributed by atoms with Crippen molar-refractivity contribution < 1.29 is 14.1 Å². The van der Waals surface area contributed by atoms with Crippen LogP contribution in [0.2, 0.25) is 0 Å². The zero-order valence-electron chi connectivity index (χ0n) is 13.9. The summed E-state index contributed by atoms with van der Waals surface area (Å²) >= 11 is 0. The monoisotopic (exact) mass is 330 g/mol. The molecule has 1 amide bonds. The Balaban J connectivity index is 1.56. The minimum atomic E-state index is -0.178. The lowest BCUT2D eigenvalue weighted by molar-refractivity contribution is -0.115. The topological polar surface area (TPSA) is 89.3 Å². The lowest BCUT2D eigenvalue weighted by Gasteiger charge is -2.12. The van der Waals surface area contributed by atoms with Crippen LogP contribution in [-0.4, -0.2) is 36.2 Å². The molecule has 2 atom stereocenters. The molecule has 1 saturated heterocycles. The average molecular weight is 330 g/mol. The van der Waals surface area contributed by atoms with Gasteiger partial charge in [-0.05, 0) is 49.7 Å². The third-order valence-corrected chi connectivity index (χ3v) is 4.37. The molecule has 7 heteroatoms. The second-order valence-corrected chi connectivity index (χ2v) is 6.04. The van der Waals surface area contributed by atoms with Crippen molar-refractivity contribution >= 4 is 11.6 Å². The lowest BCUT2D eigenvalue weighted by Crippen LogP contribution is -2.16. The summed E-state index contributed by atoms with van der Waals surface area (Å²) < 4.78 is 10.4. The quantitative estimate of drug-likeness (QED) is 0.842. The standard InChI is InChI=1S/C17H22N4O3/c1-11(12-7-8-18-10-12)17-20-15(21-24-17)9-16(22)19-13-3-5-14(23-2)6-4-13/h3-6,11-12,18H,7-10H2,1-2H3,(H,19,22). The van der Waals surface area contributed by atoms with Crippen LogP contribution in [0.25, 0.3) is 0 Å². The number of nitrogens with zero attached hydrogens (tertiary/aromatic N) is 2. The number of aromatic nitrogens is 2. The lowest BCUT2D eigenvalue weighted by atomic mass is 9.93. The van der Waals surface area contributed by atoms with Gasteiger partial charge in [0, 0.05) is 11.6 Å². The number of benzene rings is 1. The number of ether oxygens (including phenoxy) is 1. The van der Waals surface area contributed by atoms with E-state index in [9.17, 15) is 4.79 Å². The molecule has 1 aliphatic heterocycles. The van der Waals surface area contributed by atoms with Crippen molar-refractivity contribution in [2.45, 2.75) is 25.7 Å². The molecule has 1 aromatic carbocycles. The Morgan fingerprint density at radius 2 is 2.25 bits per heavy atom. The highest BCUT2D eigenvalue weighted by Crippen LogP contribution is 2.27. The molecule has 128 valence electrons. The summed E-state index contributed by atoms with van der Waals surface area (Å²) in [6.45, 7) is 4.09. The van der Waals surface area contributed by atoms with Crippen molar-refractivity contribution in [1.82, 2.24) is 15.5 Å². The third kappa shape index (κ3) is 3.91. The van der Waals surface area contributed by atoms with Crippen molar-refractivity contribution in [1.29, 1.82) is 0 Å². The summed E-state index contributed by atoms with van der Waals surface area (Å²) in [7, 11) is 1.60. The normalized spacial score (nSPS) is 18.3. The van der Waals surface area contributed by atoms with E-state index in [0.717, 1.165) is 25.3 Å². The van der Waals surface area contributed by atoms with E-state index >= 15 is 0 Å². The molecule has 24 heavy (non-hydrogen) atoms. The van der Waals surface area contributed by atoms with E-state index in [4.69, 9.17) is 9.26 Å². The molecule has 2 N–H and O–H groups in total. The molecule has 0 spiro atoms. The first kappa shape index (κ1) is 16.4. The molecule has 2 aromatic rings. The number of methoxy groups -OCH3 is 1. The summed E-state index contributed by atoms with van der Waals surface area (Å²) in [6, 6.07) is 7.15. The summed E-state index contributed by atoms with van der Waals surface area (Å²) in [5.74, 6) is 2.29. The number of amides is 1. The van der Waals surface area contributed by atoms with E-state index in [1.807, 2.05) is 0 Å². The van der Waals surface area contributed by atoms with Crippen LogP contribution in [-0.2, 0) is 11.2 Å². The number of anilines is 1. The van der Waals surface area contributed by atoms with Crippen molar-refractivity contribution in [2.75, 3.05) is 25.5 Å². The summed E-state index contributed by atoms with van der Waals surface area (Å²) in [6.07, 6.45) is 1.20. The van der Waals surface area contributed by atoms with Gasteiger partial charge in [-0.2, -0.15) is 4.98 Å². The van der Waals surface area contributed by atoms with E-state index in [2.05, 4.69) is 27.7 Å². The van der Waals surface area contributed by atoms with Gasteiger partial charge in [0.2, 0.25) is 11.8 Å². The molecule has 3 rings (SSSR count). The number of nitrogens with one attached hydrogen (secondary N) is 2. The molecule has 7 nitrogen and oxygen atoms in total. The molecule has 1 aromatic heterocycles. The van der Waals surface area contributed by atoms with Gasteiger partial charge in [-0.15, -0.1) is 0 Å². The first-order valence-electron chi connectivity index (χ1n) is 8.13. The van der Waals surface area contributed by atoms with Gasteiger partial charge in [-0.1, -0.05) is 12.1 Å². The summed E-state index contributed by atoms with van der Waals surface area (Å²) in [5, 5.41) is 10.1. The first-order valence-corrected chi connectivity index (χ1v) is 8.13. The van der Waals surface area contributed by atoms with Gasteiger partial charge in [-0.25, -0.2) is 0 Å². The molecule has 2 unspecified atom stereocenters. The molecule has 2 heterocycles. The van der Waals surface area contributed by atoms with Gasteiger partial charge in [0.05, 0.1) is 13.5 Å². The molecule has 0 bridgehead atoms. The maximum Gasteiger partial charge on any atom is 0.232 e. The Morgan fingerprint density at radius 3 is 2.92 bits per heavy atom. The fourth-order valence-corrected chi connectivity index (χ4v) is 2.85. The van der Waals surface area contributed by atoms with E-state index in [-0.39, 0.29) is 18.2 Å². The van der Waals surface area contributed by atoms with Crippen LogP contribution in [0, 0.1) is 5.92 Å². The predicted molar refractivity (Wildman–Crippen MR) is 89.0 cm³/mol. The molecule has 0 saturated carbocycles. The van der Waals surface area contributed by atoms with Gasteiger partial charge in [0.1, 0.15) is 5.75 Å². The van der Waals surface area contributed by atoms with Gasteiger partial charge in [-0.3, -0.25) is 4.79 Å². The number of rotatable bonds is 6. The van der Waals surface area contributed by atoms with Crippen molar-refractivity contribution in [2.24, 2.45) is 5.92 Å². The highest BCUT2D eigenvalue weighted by molar-refractivity contribution is 5.91. The molecule has 0 radical (unpaired) electrons. The number of carbonyl (C=O) groups is 1. The largest absolute Gasteiger partial charge is 0.497 e. The van der Waals surface area contributed by atoms with Crippen LogP contribution >= 0.6 is 0 Å². The highest BCUT2D eigenvalue weighted by atomic mass is 16.5. The SMILES string of the molecule is COc1ccc(NC(=O)Cc2noc(C(C)C3CCNC3)n2)cc1. The van der Waals surface area contributed by atoms with Gasteiger partial charge >= 0.3 is 0 Å². The van der Waals surface area contributed by atoms with Crippen LogP contribution in [0.1, 0.15) is 31.0 Å². The van der Waals surface area contributed by atoms with Gasteiger partial charge in [0.15, 0.2) is 5.82 Å². The van der Waals surface area contributed by atoms with Crippen molar-refractivity contribution in [3.63, 3.8) is 0 Å². The second-order valence-electron chi connectivity index (χ2n) is 6.04. The third-order valence-electron chi connectivity index (χ3n) is 4.37. The van der Waals surface area contributed by atoms with E-state index in [1.165, 1.54) is 0 Å². The van der Waals surface area contributed by atoms with Crippen molar-refractivity contribution in [3.8, 4) is 5.75 Å². The molecular formula is C17H22N4O3. The maximum atomic E-state index is 12.1. The Hall–Kier alpha value is -2.41. The molecule has 1 aliphatic rings. The van der Waals surface area contributed by atoms with Gasteiger partial charge < -0.3 is 19.9 Å². The van der Waals surface area contributed by atoms with Crippen molar-refractivity contribution in [3.05, 3.63) is 36.0 Å². The van der Waals surface area contributed by atoms with Crippen LogP contribution in [0.4, 0.5) is 5.69 Å². The van der Waals surface area contributed by atoms with Crippen LogP contribution in [0.3, 0.4) is 0 Å². The Morgan fingerprint density at radius 1 is 1.46 bits per heavy atom. The first-order chi connectivity index (χ1) is 11.7. The molecular weight excluding hydrogens is 308 g/mol. The Labute approximate surface area is 140 Å². The Kier molecular flexibility index (Phi) is 5.10. The van der Waals surface area contributed by atoms with Crippen LogP contribution < -0.4 is 15.4 Å². The Bertz CT molecular complexity index is 677. The van der Waals surface area contributed by atoms with E-state index in [0.29, 0.717) is 23.3 Å². The summed E-state index contributed by atoms with van der Waals surface area (Å²) in [4.78, 5) is 16.5. The highest BCUT2D eigenvalue weighted by Gasteiger charge is 2.27. The van der Waals surface area contributed by atoms with E-state index in [1.54, 1.807) is 31.4 Å². The zero-order chi connectivity index (χ0) is 16.9. The summed E-state index contributed by atoms with van der Waals surface area (Å²) in [5.41, 5.74) is 0.704. The number of hydrogen-bond acceptors (Lipinski definition) is 6. The predicted octanol–water partition coefficient (Wildman–Crippen LogP) is 1.97. The van der Waals surface area contributed by atoms with Gasteiger partial charge in [0.25, 0.3) is 0 Å². The minimum absolute atomic E-state index is 0.0885. The van der Waals surface area contributed by atoms with E-state index < -0.39 is 0 Å². The fraction of sp³-hybridized carbons (Fsp3) is 0.471. The minimum Gasteiger partial charge on any atom is -0.497 e. The smallest absolute Gasteiger partial charge is 0.232 e. The second kappa shape index (κ2) is 7.44. The number of carbonyl (C=O) groups excluding carboxylic acids is 1. The maximum absolute atomic E-state index is 12.1. The zero-order valence-corrected chi connectivity index (χ0v) is 13.9. The average Bonchev–Trinajstić information content (AvgIpc) is 3.26. The molecule has 1 fully saturated rings. The molecule has 0 aliphatic carbocycles. The number of hydrogen-bond donors (Lipinski definition) is 2. The fourth-order valence-electron chi connectivity index (χ4n) is 2.85. The van der Waals surface area contributed by atoms with Crippen LogP contribution in [0.5, 0.6) is 5.75 Å². The van der Waals surface area contributed by atoms with Crippen LogP contribution in [0.15, 0.2) is 28.8 Å².